The van der Waals surface area contributed by atoms with Crippen LogP contribution in [0.15, 0.2) is 0 Å². The van der Waals surface area contributed by atoms with E-state index < -0.39 is 0 Å². The van der Waals surface area contributed by atoms with Crippen LogP contribution < -0.4 is 5.32 Å². The van der Waals surface area contributed by atoms with Crippen LogP contribution in [-0.2, 0) is 4.74 Å². The Morgan fingerprint density at radius 3 is 2.47 bits per heavy atom. The highest BCUT2D eigenvalue weighted by Gasteiger charge is 2.09. The van der Waals surface area contributed by atoms with Gasteiger partial charge in [0, 0.05) is 12.4 Å². The van der Waals surface area contributed by atoms with Crippen LogP contribution in [-0.4, -0.2) is 31.2 Å². The zero-order valence-corrected chi connectivity index (χ0v) is 11.4. The van der Waals surface area contributed by atoms with Crippen LogP contribution in [0.4, 0.5) is 0 Å². The molecular weight excluding hydrogens is 210 g/mol. The number of hydrogen-bond acceptors (Lipinski definition) is 2. The summed E-state index contributed by atoms with van der Waals surface area (Å²) in [7, 11) is 0. The number of alkyl halides is 1. The van der Waals surface area contributed by atoms with Crippen LogP contribution in [0.3, 0.4) is 0 Å². The monoisotopic (exact) mass is 235 g/mol. The summed E-state index contributed by atoms with van der Waals surface area (Å²) in [5.41, 5.74) is -0.0258. The van der Waals surface area contributed by atoms with Gasteiger partial charge in [-0.05, 0) is 39.7 Å². The third-order valence-corrected chi connectivity index (χ3v) is 2.56. The summed E-state index contributed by atoms with van der Waals surface area (Å²) < 4.78 is 5.62. The third kappa shape index (κ3) is 10.5. The Bertz CT molecular complexity index is 145. The maximum atomic E-state index is 5.72. The van der Waals surface area contributed by atoms with Gasteiger partial charge in [0.05, 0.1) is 12.2 Å². The third-order valence-electron chi connectivity index (χ3n) is 2.34. The van der Waals surface area contributed by atoms with E-state index in [1.165, 1.54) is 6.42 Å². The van der Waals surface area contributed by atoms with E-state index in [-0.39, 0.29) is 5.60 Å². The Balaban J connectivity index is 3.36. The minimum Gasteiger partial charge on any atom is -0.375 e. The van der Waals surface area contributed by atoms with Gasteiger partial charge in [0.1, 0.15) is 0 Å². The first kappa shape index (κ1) is 15.2. The Morgan fingerprint density at radius 1 is 1.33 bits per heavy atom. The van der Waals surface area contributed by atoms with Crippen LogP contribution >= 0.6 is 11.6 Å². The first-order valence-electron chi connectivity index (χ1n) is 5.90. The van der Waals surface area contributed by atoms with E-state index >= 15 is 0 Å². The zero-order chi connectivity index (χ0) is 11.7. The molecule has 1 atom stereocenters. The summed E-state index contributed by atoms with van der Waals surface area (Å²) in [5, 5.41) is 3.41. The molecule has 0 aromatic heterocycles. The normalized spacial score (nSPS) is 14.2. The van der Waals surface area contributed by atoms with Crippen molar-refractivity contribution in [3.8, 4) is 0 Å². The van der Waals surface area contributed by atoms with E-state index in [9.17, 15) is 0 Å². The minimum atomic E-state index is -0.0258. The van der Waals surface area contributed by atoms with E-state index in [0.717, 1.165) is 32.0 Å². The minimum absolute atomic E-state index is 0.0258. The summed E-state index contributed by atoms with van der Waals surface area (Å²) in [6.07, 6.45) is 2.30. The lowest BCUT2D eigenvalue weighted by molar-refractivity contribution is -0.00102. The second-order valence-corrected chi connectivity index (χ2v) is 5.29. The van der Waals surface area contributed by atoms with Gasteiger partial charge in [0.15, 0.2) is 0 Å². The second-order valence-electron chi connectivity index (χ2n) is 4.92. The number of rotatable bonds is 8. The number of ether oxygens (including phenoxy) is 1. The number of nitrogens with one attached hydrogen (secondary N) is 1. The van der Waals surface area contributed by atoms with Gasteiger partial charge in [0.2, 0.25) is 0 Å². The molecule has 0 aliphatic carbocycles. The number of hydrogen-bond donors (Lipinski definition) is 1. The van der Waals surface area contributed by atoms with Gasteiger partial charge in [-0.3, -0.25) is 0 Å². The molecule has 0 rings (SSSR count). The zero-order valence-electron chi connectivity index (χ0n) is 10.6. The molecule has 0 aromatic rings. The molecule has 15 heavy (non-hydrogen) atoms. The van der Waals surface area contributed by atoms with Crippen molar-refractivity contribution in [2.75, 3.05) is 25.6 Å². The van der Waals surface area contributed by atoms with Gasteiger partial charge in [-0.15, -0.1) is 11.6 Å². The second kappa shape index (κ2) is 8.37. The van der Waals surface area contributed by atoms with Crippen molar-refractivity contribution in [2.45, 2.75) is 46.1 Å². The van der Waals surface area contributed by atoms with Crippen molar-refractivity contribution in [3.63, 3.8) is 0 Å². The van der Waals surface area contributed by atoms with Crippen molar-refractivity contribution in [1.29, 1.82) is 0 Å². The molecule has 1 unspecified atom stereocenters. The summed E-state index contributed by atoms with van der Waals surface area (Å²) in [5.74, 6) is 1.47. The first-order chi connectivity index (χ1) is 6.99. The molecule has 0 fully saturated rings. The fourth-order valence-electron chi connectivity index (χ4n) is 1.34. The molecule has 0 saturated carbocycles. The highest BCUT2D eigenvalue weighted by atomic mass is 35.5. The molecule has 0 heterocycles. The van der Waals surface area contributed by atoms with Crippen LogP contribution in [0.2, 0.25) is 0 Å². The summed E-state index contributed by atoms with van der Waals surface area (Å²) in [6, 6.07) is 0. The Hall–Kier alpha value is 0.210. The molecule has 0 aliphatic heterocycles. The van der Waals surface area contributed by atoms with Gasteiger partial charge < -0.3 is 10.1 Å². The molecule has 0 spiro atoms. The van der Waals surface area contributed by atoms with E-state index in [0.29, 0.717) is 5.92 Å². The predicted molar refractivity (Wildman–Crippen MR) is 67.7 cm³/mol. The van der Waals surface area contributed by atoms with Gasteiger partial charge in [-0.1, -0.05) is 13.3 Å². The van der Waals surface area contributed by atoms with Gasteiger partial charge in [-0.2, -0.15) is 0 Å². The van der Waals surface area contributed by atoms with Gasteiger partial charge in [-0.25, -0.2) is 0 Å². The summed E-state index contributed by atoms with van der Waals surface area (Å²) >= 11 is 5.72. The molecule has 1 N–H and O–H groups in total. The fraction of sp³-hybridized carbons (Fsp3) is 1.00. The Morgan fingerprint density at radius 2 is 2.00 bits per heavy atom. The lowest BCUT2D eigenvalue weighted by Gasteiger charge is -2.20. The molecule has 0 radical (unpaired) electrons. The van der Waals surface area contributed by atoms with Crippen molar-refractivity contribution < 1.29 is 4.74 Å². The fourth-order valence-corrected chi connectivity index (χ4v) is 1.65. The van der Waals surface area contributed by atoms with E-state index in [2.05, 4.69) is 33.0 Å². The standard InChI is InChI=1S/C12H26ClNO/c1-5-11(6-7-13)10-14-8-9-15-12(2,3)4/h11,14H,5-10H2,1-4H3. The predicted octanol–water partition coefficient (Wildman–Crippen LogP) is 3.05. The molecule has 0 saturated heterocycles. The molecule has 3 heteroatoms. The topological polar surface area (TPSA) is 21.3 Å². The van der Waals surface area contributed by atoms with E-state index in [1.54, 1.807) is 0 Å². The lowest BCUT2D eigenvalue weighted by atomic mass is 10.0. The van der Waals surface area contributed by atoms with E-state index in [1.807, 2.05) is 0 Å². The molecule has 2 nitrogen and oxygen atoms in total. The van der Waals surface area contributed by atoms with Crippen molar-refractivity contribution in [1.82, 2.24) is 5.32 Å². The lowest BCUT2D eigenvalue weighted by Crippen LogP contribution is -2.29. The maximum absolute atomic E-state index is 5.72. The molecular formula is C12H26ClNO. The first-order valence-corrected chi connectivity index (χ1v) is 6.43. The van der Waals surface area contributed by atoms with Crippen molar-refractivity contribution in [3.05, 3.63) is 0 Å². The highest BCUT2D eigenvalue weighted by Crippen LogP contribution is 2.08. The average molecular weight is 236 g/mol. The highest BCUT2D eigenvalue weighted by molar-refractivity contribution is 6.17. The SMILES string of the molecule is CCC(CCCl)CNCCOC(C)(C)C. The Kier molecular flexibility index (Phi) is 8.49. The number of halogens is 1. The van der Waals surface area contributed by atoms with Gasteiger partial charge in [0.25, 0.3) is 0 Å². The summed E-state index contributed by atoms with van der Waals surface area (Å²) in [4.78, 5) is 0. The smallest absolute Gasteiger partial charge is 0.0599 e. The van der Waals surface area contributed by atoms with Crippen LogP contribution in [0.25, 0.3) is 0 Å². The average Bonchev–Trinajstić information content (AvgIpc) is 2.14. The van der Waals surface area contributed by atoms with E-state index in [4.69, 9.17) is 16.3 Å². The van der Waals surface area contributed by atoms with Crippen LogP contribution in [0.1, 0.15) is 40.5 Å². The molecule has 0 aromatic carbocycles. The van der Waals surface area contributed by atoms with Crippen molar-refractivity contribution in [2.24, 2.45) is 5.92 Å². The van der Waals surface area contributed by atoms with Crippen LogP contribution in [0.5, 0.6) is 0 Å². The largest absolute Gasteiger partial charge is 0.375 e. The quantitative estimate of drug-likeness (QED) is 0.516. The maximum Gasteiger partial charge on any atom is 0.0599 e. The van der Waals surface area contributed by atoms with Gasteiger partial charge >= 0.3 is 0 Å². The van der Waals surface area contributed by atoms with Crippen LogP contribution in [0, 0.1) is 5.92 Å². The molecule has 92 valence electrons. The molecule has 0 amide bonds. The summed E-state index contributed by atoms with van der Waals surface area (Å²) in [6.45, 7) is 11.2. The molecule has 0 aliphatic rings. The Labute approximate surface area is 99.7 Å². The van der Waals surface area contributed by atoms with Crippen molar-refractivity contribution >= 4 is 11.6 Å². The molecule has 0 bridgehead atoms.